The van der Waals surface area contributed by atoms with E-state index in [1.807, 2.05) is 19.1 Å². The normalized spacial score (nSPS) is 11.1. The van der Waals surface area contributed by atoms with Gasteiger partial charge >= 0.3 is 0 Å². The van der Waals surface area contributed by atoms with Gasteiger partial charge in [0, 0.05) is 18.8 Å². The van der Waals surface area contributed by atoms with Crippen molar-refractivity contribution in [3.8, 4) is 0 Å². The molecule has 3 aromatic heterocycles. The number of aromatic amines is 1. The molecule has 0 unspecified atom stereocenters. The summed E-state index contributed by atoms with van der Waals surface area (Å²) in [4.78, 5) is 27.7. The summed E-state index contributed by atoms with van der Waals surface area (Å²) in [7, 11) is 0. The molecule has 0 amide bonds. The number of imidazole rings is 1. The predicted molar refractivity (Wildman–Crippen MR) is 75.5 cm³/mol. The molecule has 0 aliphatic rings. The molecule has 0 atom stereocenters. The molecule has 0 saturated heterocycles. The van der Waals surface area contributed by atoms with Crippen molar-refractivity contribution in [1.82, 2.24) is 24.5 Å². The molecular formula is C14H15N5O. The van der Waals surface area contributed by atoms with Gasteiger partial charge in [-0.1, -0.05) is 13.0 Å². The van der Waals surface area contributed by atoms with E-state index in [1.165, 1.54) is 0 Å². The van der Waals surface area contributed by atoms with E-state index in [9.17, 15) is 4.79 Å². The molecule has 6 heteroatoms. The van der Waals surface area contributed by atoms with E-state index in [2.05, 4.69) is 19.9 Å². The summed E-state index contributed by atoms with van der Waals surface area (Å²) in [6.45, 7) is 2.60. The molecule has 0 saturated carbocycles. The van der Waals surface area contributed by atoms with Crippen LogP contribution in [0.2, 0.25) is 0 Å². The lowest BCUT2D eigenvalue weighted by molar-refractivity contribution is 0.806. The van der Waals surface area contributed by atoms with E-state index < -0.39 is 0 Å². The highest BCUT2D eigenvalue weighted by molar-refractivity contribution is 5.69. The van der Waals surface area contributed by atoms with E-state index in [0.29, 0.717) is 23.5 Å². The Bertz CT molecular complexity index is 775. The summed E-state index contributed by atoms with van der Waals surface area (Å²) in [6, 6.07) is 3.84. The molecule has 0 fully saturated rings. The number of hydrogen-bond acceptors (Lipinski definition) is 4. The van der Waals surface area contributed by atoms with Crippen LogP contribution in [0.5, 0.6) is 0 Å². The molecule has 0 spiro atoms. The summed E-state index contributed by atoms with van der Waals surface area (Å²) < 4.78 is 1.80. The van der Waals surface area contributed by atoms with Gasteiger partial charge in [0.15, 0.2) is 11.2 Å². The molecule has 3 heterocycles. The molecule has 0 aliphatic heterocycles. The molecule has 1 N–H and O–H groups in total. The third-order valence-corrected chi connectivity index (χ3v) is 3.10. The van der Waals surface area contributed by atoms with E-state index in [-0.39, 0.29) is 5.56 Å². The highest BCUT2D eigenvalue weighted by atomic mass is 16.1. The largest absolute Gasteiger partial charge is 0.326 e. The van der Waals surface area contributed by atoms with Gasteiger partial charge in [-0.25, -0.2) is 4.98 Å². The summed E-state index contributed by atoms with van der Waals surface area (Å²) in [5.41, 5.74) is 1.89. The Balaban J connectivity index is 2.03. The smallest absolute Gasteiger partial charge is 0.299 e. The summed E-state index contributed by atoms with van der Waals surface area (Å²) in [5.74, 6) is 0.691. The average molecular weight is 269 g/mol. The zero-order chi connectivity index (χ0) is 13.9. The van der Waals surface area contributed by atoms with Crippen molar-refractivity contribution in [2.45, 2.75) is 26.3 Å². The van der Waals surface area contributed by atoms with Crippen LogP contribution < -0.4 is 5.56 Å². The van der Waals surface area contributed by atoms with E-state index in [4.69, 9.17) is 0 Å². The minimum atomic E-state index is -0.233. The molecular weight excluding hydrogens is 254 g/mol. The van der Waals surface area contributed by atoms with Gasteiger partial charge in [-0.05, 0) is 18.1 Å². The number of nitrogens with zero attached hydrogens (tertiary/aromatic N) is 4. The average Bonchev–Trinajstić information content (AvgIpc) is 2.84. The first kappa shape index (κ1) is 12.5. The topological polar surface area (TPSA) is 76.5 Å². The summed E-state index contributed by atoms with van der Waals surface area (Å²) >= 11 is 0. The number of hydrogen-bond donors (Lipinski definition) is 1. The second kappa shape index (κ2) is 5.24. The van der Waals surface area contributed by atoms with Crippen molar-refractivity contribution >= 4 is 11.2 Å². The van der Waals surface area contributed by atoms with Crippen LogP contribution in [-0.4, -0.2) is 24.5 Å². The molecule has 0 aromatic carbocycles. The monoisotopic (exact) mass is 269 g/mol. The fourth-order valence-electron chi connectivity index (χ4n) is 2.20. The Morgan fingerprint density at radius 3 is 3.05 bits per heavy atom. The first-order valence-corrected chi connectivity index (χ1v) is 6.61. The van der Waals surface area contributed by atoms with Crippen LogP contribution in [0.15, 0.2) is 35.6 Å². The third kappa shape index (κ3) is 2.32. The van der Waals surface area contributed by atoms with Gasteiger partial charge in [-0.15, -0.1) is 0 Å². The van der Waals surface area contributed by atoms with Gasteiger partial charge in [0.25, 0.3) is 5.56 Å². The van der Waals surface area contributed by atoms with Crippen LogP contribution in [0.1, 0.15) is 24.7 Å². The Labute approximate surface area is 115 Å². The van der Waals surface area contributed by atoms with Crippen molar-refractivity contribution < 1.29 is 0 Å². The Morgan fingerprint density at radius 2 is 2.30 bits per heavy atom. The highest BCUT2D eigenvalue weighted by Gasteiger charge is 2.10. The van der Waals surface area contributed by atoms with Crippen molar-refractivity contribution in [3.63, 3.8) is 0 Å². The van der Waals surface area contributed by atoms with Crippen LogP contribution >= 0.6 is 0 Å². The minimum absolute atomic E-state index is 0.233. The van der Waals surface area contributed by atoms with E-state index >= 15 is 0 Å². The third-order valence-electron chi connectivity index (χ3n) is 3.10. The molecule has 3 aromatic rings. The Hall–Kier alpha value is -2.50. The Kier molecular flexibility index (Phi) is 3.28. The fraction of sp³-hybridized carbons (Fsp3) is 0.286. The van der Waals surface area contributed by atoms with Gasteiger partial charge in [-0.2, -0.15) is 4.98 Å². The lowest BCUT2D eigenvalue weighted by atomic mass is 10.3. The van der Waals surface area contributed by atoms with Crippen LogP contribution in [0, 0.1) is 0 Å². The lowest BCUT2D eigenvalue weighted by Gasteiger charge is -2.03. The number of nitrogens with one attached hydrogen (secondary N) is 1. The van der Waals surface area contributed by atoms with Gasteiger partial charge < -0.3 is 9.55 Å². The number of fused-ring (bicyclic) bond motifs is 1. The van der Waals surface area contributed by atoms with Gasteiger partial charge in [0.05, 0.1) is 12.9 Å². The molecule has 3 rings (SSSR count). The van der Waals surface area contributed by atoms with Crippen LogP contribution in [0.25, 0.3) is 11.2 Å². The van der Waals surface area contributed by atoms with Gasteiger partial charge in [0.2, 0.25) is 0 Å². The van der Waals surface area contributed by atoms with E-state index in [1.54, 1.807) is 23.3 Å². The molecule has 102 valence electrons. The minimum Gasteiger partial charge on any atom is -0.326 e. The maximum atomic E-state index is 12.1. The second-order valence-corrected chi connectivity index (χ2v) is 4.67. The SMILES string of the molecule is CCCc1nc(=O)c2c(ncn2Cc2cccnc2)[nH]1. The number of pyridine rings is 1. The molecule has 20 heavy (non-hydrogen) atoms. The molecule has 0 bridgehead atoms. The number of rotatable bonds is 4. The quantitative estimate of drug-likeness (QED) is 0.779. The zero-order valence-corrected chi connectivity index (χ0v) is 11.2. The molecule has 0 radical (unpaired) electrons. The first-order chi connectivity index (χ1) is 9.78. The van der Waals surface area contributed by atoms with Crippen molar-refractivity contribution in [2.24, 2.45) is 0 Å². The fourth-order valence-corrected chi connectivity index (χ4v) is 2.20. The van der Waals surface area contributed by atoms with Crippen molar-refractivity contribution in [2.75, 3.05) is 0 Å². The maximum absolute atomic E-state index is 12.1. The second-order valence-electron chi connectivity index (χ2n) is 4.67. The summed E-state index contributed by atoms with van der Waals surface area (Å²) in [5, 5.41) is 0. The van der Waals surface area contributed by atoms with Gasteiger partial charge in [0.1, 0.15) is 5.82 Å². The maximum Gasteiger partial charge on any atom is 0.299 e. The number of H-pyrrole nitrogens is 1. The zero-order valence-electron chi connectivity index (χ0n) is 11.2. The number of aromatic nitrogens is 5. The first-order valence-electron chi connectivity index (χ1n) is 6.61. The van der Waals surface area contributed by atoms with Gasteiger partial charge in [-0.3, -0.25) is 9.78 Å². The van der Waals surface area contributed by atoms with Crippen LogP contribution in [0.4, 0.5) is 0 Å². The molecule has 6 nitrogen and oxygen atoms in total. The summed E-state index contributed by atoms with van der Waals surface area (Å²) in [6.07, 6.45) is 6.85. The van der Waals surface area contributed by atoms with Crippen molar-refractivity contribution in [1.29, 1.82) is 0 Å². The number of aryl methyl sites for hydroxylation is 1. The highest BCUT2D eigenvalue weighted by Crippen LogP contribution is 2.09. The Morgan fingerprint density at radius 1 is 1.40 bits per heavy atom. The standard InChI is InChI=1S/C14H15N5O/c1-2-4-11-17-13-12(14(20)18-11)19(9-16-13)8-10-5-3-6-15-7-10/h3,5-7,9H,2,4,8H2,1H3,(H,17,18,20). The lowest BCUT2D eigenvalue weighted by Crippen LogP contribution is -2.15. The van der Waals surface area contributed by atoms with Crippen LogP contribution in [-0.2, 0) is 13.0 Å². The molecule has 0 aliphatic carbocycles. The predicted octanol–water partition coefficient (Wildman–Crippen LogP) is 1.52. The van der Waals surface area contributed by atoms with E-state index in [0.717, 1.165) is 18.4 Å². The van der Waals surface area contributed by atoms with Crippen molar-refractivity contribution in [3.05, 3.63) is 52.6 Å². The van der Waals surface area contributed by atoms with Crippen LogP contribution in [0.3, 0.4) is 0 Å².